The van der Waals surface area contributed by atoms with Gasteiger partial charge in [-0.3, -0.25) is 9.69 Å². The molecule has 0 saturated carbocycles. The molecule has 1 aliphatic heterocycles. The highest BCUT2D eigenvalue weighted by molar-refractivity contribution is 5.87. The van der Waals surface area contributed by atoms with Gasteiger partial charge in [0.1, 0.15) is 0 Å². The summed E-state index contributed by atoms with van der Waals surface area (Å²) in [7, 11) is 1.93. The Hall–Kier alpha value is -3.11. The van der Waals surface area contributed by atoms with Crippen molar-refractivity contribution in [1.29, 1.82) is 0 Å². The maximum Gasteiger partial charge on any atom is 0.234 e. The minimum absolute atomic E-state index is 0.116. The predicted molar refractivity (Wildman–Crippen MR) is 127 cm³/mol. The Morgan fingerprint density at radius 3 is 1.97 bits per heavy atom. The highest BCUT2D eigenvalue weighted by atomic mass is 16.2. The Kier molecular flexibility index (Phi) is 6.68. The molecule has 3 aromatic rings. The predicted octanol–water partition coefficient (Wildman–Crippen LogP) is 4.70. The van der Waals surface area contributed by atoms with Crippen LogP contribution in [-0.4, -0.2) is 42.4 Å². The SMILES string of the molecule is CN(CC(c1cccc(N)c1)N1CCCC1)C(=O)C(c1ccccc1)c1ccccc1. The average Bonchev–Trinajstić information content (AvgIpc) is 3.33. The van der Waals surface area contributed by atoms with Gasteiger partial charge in [0, 0.05) is 19.3 Å². The lowest BCUT2D eigenvalue weighted by Crippen LogP contribution is -2.40. The van der Waals surface area contributed by atoms with Crippen LogP contribution in [0.15, 0.2) is 84.9 Å². The van der Waals surface area contributed by atoms with E-state index in [1.165, 1.54) is 18.4 Å². The lowest BCUT2D eigenvalue weighted by molar-refractivity contribution is -0.131. The molecule has 31 heavy (non-hydrogen) atoms. The molecule has 160 valence electrons. The van der Waals surface area contributed by atoms with Gasteiger partial charge < -0.3 is 10.6 Å². The number of carbonyl (C=O) groups is 1. The quantitative estimate of drug-likeness (QED) is 0.572. The van der Waals surface area contributed by atoms with Crippen molar-refractivity contribution in [3.05, 3.63) is 102 Å². The van der Waals surface area contributed by atoms with Crippen LogP contribution in [0.1, 0.15) is 41.5 Å². The molecule has 4 nitrogen and oxygen atoms in total. The lowest BCUT2D eigenvalue weighted by Gasteiger charge is -2.33. The van der Waals surface area contributed by atoms with Crippen LogP contribution >= 0.6 is 0 Å². The van der Waals surface area contributed by atoms with E-state index in [4.69, 9.17) is 5.73 Å². The fourth-order valence-electron chi connectivity index (χ4n) is 4.59. The van der Waals surface area contributed by atoms with E-state index in [9.17, 15) is 4.79 Å². The fourth-order valence-corrected chi connectivity index (χ4v) is 4.59. The number of nitrogens with two attached hydrogens (primary N) is 1. The summed E-state index contributed by atoms with van der Waals surface area (Å²) in [5.41, 5.74) is 10.1. The number of nitrogen functional groups attached to an aromatic ring is 1. The number of likely N-dealkylation sites (N-methyl/N-ethyl adjacent to an activating group) is 1. The summed E-state index contributed by atoms with van der Waals surface area (Å²) in [6.07, 6.45) is 2.40. The van der Waals surface area contributed by atoms with Crippen LogP contribution in [0.25, 0.3) is 0 Å². The molecule has 0 aliphatic carbocycles. The Balaban J connectivity index is 1.62. The number of anilines is 1. The molecule has 1 saturated heterocycles. The molecule has 0 radical (unpaired) electrons. The molecule has 3 aromatic carbocycles. The zero-order chi connectivity index (χ0) is 21.6. The zero-order valence-electron chi connectivity index (χ0n) is 18.2. The van der Waals surface area contributed by atoms with E-state index in [0.29, 0.717) is 6.54 Å². The number of carbonyl (C=O) groups excluding carboxylic acids is 1. The first kappa shape index (κ1) is 21.1. The first-order chi connectivity index (χ1) is 15.1. The number of hydrogen-bond donors (Lipinski definition) is 1. The van der Waals surface area contributed by atoms with Crippen molar-refractivity contribution >= 4 is 11.6 Å². The van der Waals surface area contributed by atoms with Gasteiger partial charge in [-0.15, -0.1) is 0 Å². The number of benzene rings is 3. The Morgan fingerprint density at radius 1 is 0.871 bits per heavy atom. The van der Waals surface area contributed by atoms with Crippen LogP contribution in [0.4, 0.5) is 5.69 Å². The third-order valence-corrected chi connectivity index (χ3v) is 6.21. The minimum Gasteiger partial charge on any atom is -0.399 e. The molecule has 1 aliphatic rings. The second kappa shape index (κ2) is 9.80. The number of rotatable bonds is 7. The molecule has 1 unspecified atom stereocenters. The number of amides is 1. The molecule has 4 rings (SSSR count). The summed E-state index contributed by atoms with van der Waals surface area (Å²) in [5, 5.41) is 0. The molecule has 1 atom stereocenters. The van der Waals surface area contributed by atoms with Gasteiger partial charge in [-0.1, -0.05) is 72.8 Å². The maximum absolute atomic E-state index is 13.8. The third kappa shape index (κ3) is 4.97. The Bertz CT molecular complexity index is 944. The van der Waals surface area contributed by atoms with E-state index >= 15 is 0 Å². The standard InChI is InChI=1S/C27H31N3O/c1-29(20-25(30-17-8-9-18-30)23-15-10-16-24(28)19-23)27(31)26(21-11-4-2-5-12-21)22-13-6-3-7-14-22/h2-7,10-16,19,25-26H,8-9,17-18,20,28H2,1H3. The summed E-state index contributed by atoms with van der Waals surface area (Å²) in [6.45, 7) is 2.75. The molecule has 0 aromatic heterocycles. The van der Waals surface area contributed by atoms with E-state index in [2.05, 4.69) is 11.0 Å². The molecule has 0 bridgehead atoms. The number of likely N-dealkylation sites (tertiary alicyclic amines) is 1. The summed E-state index contributed by atoms with van der Waals surface area (Å²) in [4.78, 5) is 18.2. The van der Waals surface area contributed by atoms with Gasteiger partial charge in [0.25, 0.3) is 0 Å². The van der Waals surface area contributed by atoms with Gasteiger partial charge in [-0.2, -0.15) is 0 Å². The zero-order valence-corrected chi connectivity index (χ0v) is 18.2. The lowest BCUT2D eigenvalue weighted by atomic mass is 9.90. The van der Waals surface area contributed by atoms with E-state index in [-0.39, 0.29) is 17.9 Å². The largest absolute Gasteiger partial charge is 0.399 e. The summed E-state index contributed by atoms with van der Waals surface area (Å²) in [5.74, 6) is -0.196. The van der Waals surface area contributed by atoms with Crippen LogP contribution in [0.3, 0.4) is 0 Å². The van der Waals surface area contributed by atoms with E-state index in [1.54, 1.807) is 0 Å². The minimum atomic E-state index is -0.313. The smallest absolute Gasteiger partial charge is 0.234 e. The Morgan fingerprint density at radius 2 is 1.42 bits per heavy atom. The van der Waals surface area contributed by atoms with Crippen molar-refractivity contribution in [3.63, 3.8) is 0 Å². The van der Waals surface area contributed by atoms with Crippen LogP contribution in [0.2, 0.25) is 0 Å². The normalized spacial score (nSPS) is 15.2. The number of hydrogen-bond acceptors (Lipinski definition) is 3. The van der Waals surface area contributed by atoms with E-state index in [0.717, 1.165) is 29.9 Å². The van der Waals surface area contributed by atoms with Crippen LogP contribution in [0.5, 0.6) is 0 Å². The summed E-state index contributed by atoms with van der Waals surface area (Å²) in [6, 6.07) is 28.4. The van der Waals surface area contributed by atoms with Crippen molar-refractivity contribution in [2.24, 2.45) is 0 Å². The van der Waals surface area contributed by atoms with Crippen molar-refractivity contribution < 1.29 is 4.79 Å². The van der Waals surface area contributed by atoms with Crippen molar-refractivity contribution in [2.75, 3.05) is 32.4 Å². The third-order valence-electron chi connectivity index (χ3n) is 6.21. The van der Waals surface area contributed by atoms with Crippen molar-refractivity contribution in [3.8, 4) is 0 Å². The van der Waals surface area contributed by atoms with Crippen LogP contribution < -0.4 is 5.73 Å². The van der Waals surface area contributed by atoms with Gasteiger partial charge in [0.15, 0.2) is 0 Å². The molecule has 4 heteroatoms. The first-order valence-corrected chi connectivity index (χ1v) is 11.1. The van der Waals surface area contributed by atoms with Crippen molar-refractivity contribution in [1.82, 2.24) is 9.80 Å². The Labute approximate surface area is 185 Å². The van der Waals surface area contributed by atoms with E-state index < -0.39 is 0 Å². The highest BCUT2D eigenvalue weighted by Gasteiger charge is 2.30. The van der Waals surface area contributed by atoms with Crippen LogP contribution in [0, 0.1) is 0 Å². The van der Waals surface area contributed by atoms with Gasteiger partial charge >= 0.3 is 0 Å². The highest BCUT2D eigenvalue weighted by Crippen LogP contribution is 2.30. The molecule has 0 spiro atoms. The summed E-state index contributed by atoms with van der Waals surface area (Å²) >= 11 is 0. The van der Waals surface area contributed by atoms with Gasteiger partial charge in [0.2, 0.25) is 5.91 Å². The molecular weight excluding hydrogens is 382 g/mol. The molecule has 1 fully saturated rings. The fraction of sp³-hybridized carbons (Fsp3) is 0.296. The monoisotopic (exact) mass is 413 g/mol. The van der Waals surface area contributed by atoms with Crippen molar-refractivity contribution in [2.45, 2.75) is 24.8 Å². The van der Waals surface area contributed by atoms with E-state index in [1.807, 2.05) is 90.8 Å². The average molecular weight is 414 g/mol. The summed E-state index contributed by atoms with van der Waals surface area (Å²) < 4.78 is 0. The maximum atomic E-state index is 13.8. The second-order valence-corrected chi connectivity index (χ2v) is 8.40. The van der Waals surface area contributed by atoms with Crippen LogP contribution in [-0.2, 0) is 4.79 Å². The topological polar surface area (TPSA) is 49.6 Å². The molecule has 1 amide bonds. The second-order valence-electron chi connectivity index (χ2n) is 8.40. The molecule has 1 heterocycles. The van der Waals surface area contributed by atoms with Gasteiger partial charge in [-0.25, -0.2) is 0 Å². The number of nitrogens with zero attached hydrogens (tertiary/aromatic N) is 2. The van der Waals surface area contributed by atoms with Gasteiger partial charge in [0.05, 0.1) is 12.0 Å². The molecular formula is C27H31N3O. The first-order valence-electron chi connectivity index (χ1n) is 11.1. The van der Waals surface area contributed by atoms with Gasteiger partial charge in [-0.05, 0) is 54.8 Å². The molecule has 2 N–H and O–H groups in total.